The molecule has 0 aliphatic heterocycles. The molecule has 0 radical (unpaired) electrons. The molecule has 2 aromatic carbocycles. The van der Waals surface area contributed by atoms with Gasteiger partial charge < -0.3 is 5.32 Å². The average molecular weight is 349 g/mol. The molecule has 1 heterocycles. The number of nitrogens with zero attached hydrogens (tertiary/aromatic N) is 2. The number of para-hydroxylation sites is 1. The van der Waals surface area contributed by atoms with Crippen LogP contribution in [0.4, 0.5) is 5.69 Å². The zero-order chi connectivity index (χ0) is 18.4. The number of carbonyl (C=O) groups excluding carboxylic acids is 1. The zero-order valence-electron chi connectivity index (χ0n) is 14.9. The van der Waals surface area contributed by atoms with Crippen LogP contribution in [0.25, 0.3) is 10.9 Å². The molecule has 1 N–H and O–H groups in total. The lowest BCUT2D eigenvalue weighted by atomic mass is 10.1. The predicted octanol–water partition coefficient (Wildman–Crippen LogP) is 3.77. The fourth-order valence-corrected chi connectivity index (χ4v) is 2.91. The first kappa shape index (κ1) is 17.9. The molecule has 26 heavy (non-hydrogen) atoms. The lowest BCUT2D eigenvalue weighted by Crippen LogP contribution is -2.27. The van der Waals surface area contributed by atoms with Gasteiger partial charge in [-0.2, -0.15) is 0 Å². The Morgan fingerprint density at radius 2 is 1.85 bits per heavy atom. The number of benzene rings is 2. The van der Waals surface area contributed by atoms with Gasteiger partial charge in [0.05, 0.1) is 17.2 Å². The number of nitrogens with one attached hydrogen (secondary N) is 1. The molecule has 1 aromatic heterocycles. The number of anilines is 1. The van der Waals surface area contributed by atoms with Crippen LogP contribution in [0.5, 0.6) is 0 Å². The van der Waals surface area contributed by atoms with E-state index in [0.29, 0.717) is 10.9 Å². The van der Waals surface area contributed by atoms with Crippen molar-refractivity contribution in [1.29, 1.82) is 0 Å². The van der Waals surface area contributed by atoms with Gasteiger partial charge in [0.1, 0.15) is 6.54 Å². The molecular formula is C21H23N3O2. The monoisotopic (exact) mass is 349 g/mol. The number of aryl methyl sites for hydroxylation is 1. The van der Waals surface area contributed by atoms with Gasteiger partial charge in [0.25, 0.3) is 5.56 Å². The van der Waals surface area contributed by atoms with Crippen LogP contribution in [0.3, 0.4) is 0 Å². The van der Waals surface area contributed by atoms with Crippen LogP contribution in [-0.2, 0) is 17.8 Å². The Hall–Kier alpha value is -2.95. The van der Waals surface area contributed by atoms with Gasteiger partial charge in [0.2, 0.25) is 5.91 Å². The van der Waals surface area contributed by atoms with E-state index in [1.807, 2.05) is 30.3 Å². The summed E-state index contributed by atoms with van der Waals surface area (Å²) in [6.07, 6.45) is 6.09. The van der Waals surface area contributed by atoms with Crippen molar-refractivity contribution in [1.82, 2.24) is 9.55 Å². The van der Waals surface area contributed by atoms with Crippen molar-refractivity contribution >= 4 is 22.5 Å². The van der Waals surface area contributed by atoms with Crippen LogP contribution in [0.2, 0.25) is 0 Å². The SMILES string of the molecule is CCCCCc1ccc(NC(=O)Cn2cnc3ccccc3c2=O)cc1. The van der Waals surface area contributed by atoms with Crippen molar-refractivity contribution in [3.8, 4) is 0 Å². The van der Waals surface area contributed by atoms with Crippen LogP contribution in [0.1, 0.15) is 31.7 Å². The van der Waals surface area contributed by atoms with Gasteiger partial charge in [-0.15, -0.1) is 0 Å². The van der Waals surface area contributed by atoms with Gasteiger partial charge >= 0.3 is 0 Å². The molecule has 3 aromatic rings. The second kappa shape index (κ2) is 8.43. The first-order valence-corrected chi connectivity index (χ1v) is 9.00. The van der Waals surface area contributed by atoms with Crippen LogP contribution in [0, 0.1) is 0 Å². The highest BCUT2D eigenvalue weighted by Gasteiger charge is 2.08. The summed E-state index contributed by atoms with van der Waals surface area (Å²) in [5, 5.41) is 3.35. The Labute approximate surface area is 152 Å². The minimum absolute atomic E-state index is 0.0606. The van der Waals surface area contributed by atoms with Crippen molar-refractivity contribution < 1.29 is 4.79 Å². The summed E-state index contributed by atoms with van der Waals surface area (Å²) in [4.78, 5) is 28.9. The molecule has 0 spiro atoms. The standard InChI is InChI=1S/C21H23N3O2/c1-2-3-4-7-16-10-12-17(13-11-16)23-20(25)14-24-15-22-19-9-6-5-8-18(19)21(24)26/h5-6,8-13,15H,2-4,7,14H2,1H3,(H,23,25). The number of hydrogen-bond acceptors (Lipinski definition) is 3. The Kier molecular flexibility index (Phi) is 5.79. The maximum absolute atomic E-state index is 12.4. The van der Waals surface area contributed by atoms with Gasteiger partial charge in [-0.3, -0.25) is 14.2 Å². The quantitative estimate of drug-likeness (QED) is 0.661. The van der Waals surface area contributed by atoms with E-state index in [1.165, 1.54) is 35.7 Å². The highest BCUT2D eigenvalue weighted by Crippen LogP contribution is 2.12. The van der Waals surface area contributed by atoms with Crippen LogP contribution in [-0.4, -0.2) is 15.5 Å². The highest BCUT2D eigenvalue weighted by atomic mass is 16.2. The van der Waals surface area contributed by atoms with Gasteiger partial charge in [-0.25, -0.2) is 4.98 Å². The van der Waals surface area contributed by atoms with Gasteiger partial charge in [-0.1, -0.05) is 44.0 Å². The topological polar surface area (TPSA) is 64.0 Å². The Morgan fingerprint density at radius 3 is 2.62 bits per heavy atom. The van der Waals surface area contributed by atoms with Crippen molar-refractivity contribution in [2.24, 2.45) is 0 Å². The fourth-order valence-electron chi connectivity index (χ4n) is 2.91. The molecule has 5 heteroatoms. The lowest BCUT2D eigenvalue weighted by molar-refractivity contribution is -0.116. The number of aromatic nitrogens is 2. The van der Waals surface area contributed by atoms with E-state index in [4.69, 9.17) is 0 Å². The van der Waals surface area contributed by atoms with E-state index in [2.05, 4.69) is 17.2 Å². The summed E-state index contributed by atoms with van der Waals surface area (Å²) in [5.74, 6) is -0.247. The minimum atomic E-state index is -0.247. The summed E-state index contributed by atoms with van der Waals surface area (Å²) < 4.78 is 1.33. The van der Waals surface area contributed by atoms with Crippen LogP contribution in [0.15, 0.2) is 59.7 Å². The van der Waals surface area contributed by atoms with Crippen LogP contribution >= 0.6 is 0 Å². The third kappa shape index (κ3) is 4.36. The number of carbonyl (C=O) groups is 1. The van der Waals surface area contributed by atoms with E-state index in [9.17, 15) is 9.59 Å². The first-order valence-electron chi connectivity index (χ1n) is 9.00. The molecule has 0 fully saturated rings. The number of amides is 1. The Bertz CT molecular complexity index is 945. The highest BCUT2D eigenvalue weighted by molar-refractivity contribution is 5.90. The molecule has 5 nitrogen and oxygen atoms in total. The largest absolute Gasteiger partial charge is 0.325 e. The number of fused-ring (bicyclic) bond motifs is 1. The van der Waals surface area contributed by atoms with Crippen molar-refractivity contribution in [2.75, 3.05) is 5.32 Å². The molecule has 1 amide bonds. The van der Waals surface area contributed by atoms with Gasteiger partial charge in [0.15, 0.2) is 0 Å². The number of rotatable bonds is 7. The fraction of sp³-hybridized carbons (Fsp3) is 0.286. The van der Waals surface area contributed by atoms with E-state index in [-0.39, 0.29) is 18.0 Å². The summed E-state index contributed by atoms with van der Waals surface area (Å²) in [7, 11) is 0. The number of hydrogen-bond donors (Lipinski definition) is 1. The molecule has 3 rings (SSSR count). The minimum Gasteiger partial charge on any atom is -0.325 e. The molecule has 0 aliphatic carbocycles. The molecule has 0 bridgehead atoms. The molecular weight excluding hydrogens is 326 g/mol. The molecule has 0 atom stereocenters. The maximum Gasteiger partial charge on any atom is 0.261 e. The van der Waals surface area contributed by atoms with Crippen molar-refractivity contribution in [2.45, 2.75) is 39.2 Å². The Morgan fingerprint density at radius 1 is 1.08 bits per heavy atom. The van der Waals surface area contributed by atoms with E-state index < -0.39 is 0 Å². The summed E-state index contributed by atoms with van der Waals surface area (Å²) >= 11 is 0. The summed E-state index contributed by atoms with van der Waals surface area (Å²) in [6.45, 7) is 2.13. The van der Waals surface area contributed by atoms with E-state index in [1.54, 1.807) is 18.2 Å². The van der Waals surface area contributed by atoms with E-state index in [0.717, 1.165) is 12.1 Å². The second-order valence-corrected chi connectivity index (χ2v) is 6.40. The predicted molar refractivity (Wildman–Crippen MR) is 104 cm³/mol. The summed E-state index contributed by atoms with van der Waals surface area (Å²) in [5.41, 5.74) is 2.42. The molecule has 0 saturated carbocycles. The lowest BCUT2D eigenvalue weighted by Gasteiger charge is -2.09. The first-order chi connectivity index (χ1) is 12.7. The zero-order valence-corrected chi connectivity index (χ0v) is 14.9. The molecule has 0 unspecified atom stereocenters. The third-order valence-electron chi connectivity index (χ3n) is 4.35. The van der Waals surface area contributed by atoms with Gasteiger partial charge in [0, 0.05) is 5.69 Å². The Balaban J connectivity index is 1.64. The van der Waals surface area contributed by atoms with Crippen LogP contribution < -0.4 is 10.9 Å². The second-order valence-electron chi connectivity index (χ2n) is 6.40. The normalized spacial score (nSPS) is 10.8. The molecule has 0 saturated heterocycles. The summed E-state index contributed by atoms with van der Waals surface area (Å²) in [6, 6.07) is 15.0. The van der Waals surface area contributed by atoms with E-state index >= 15 is 0 Å². The van der Waals surface area contributed by atoms with Gasteiger partial charge in [-0.05, 0) is 42.7 Å². The third-order valence-corrected chi connectivity index (χ3v) is 4.35. The molecule has 134 valence electrons. The average Bonchev–Trinajstić information content (AvgIpc) is 2.66. The molecule has 0 aliphatic rings. The van der Waals surface area contributed by atoms with Crippen molar-refractivity contribution in [3.05, 3.63) is 70.8 Å². The smallest absolute Gasteiger partial charge is 0.261 e. The number of unbranched alkanes of at least 4 members (excludes halogenated alkanes) is 2. The van der Waals surface area contributed by atoms with Crippen molar-refractivity contribution in [3.63, 3.8) is 0 Å². The maximum atomic E-state index is 12.4.